The van der Waals surface area contributed by atoms with Crippen molar-refractivity contribution in [2.45, 2.75) is 18.9 Å². The van der Waals surface area contributed by atoms with Crippen LogP contribution in [0.5, 0.6) is 5.75 Å². The molecule has 1 heterocycles. The maximum Gasteiger partial charge on any atom is 0.165 e. The van der Waals surface area contributed by atoms with Crippen molar-refractivity contribution in [3.05, 3.63) is 84.4 Å². The second-order valence-electron chi connectivity index (χ2n) is 5.88. The molecule has 0 amide bonds. The molecule has 2 aromatic carbocycles. The molecule has 0 unspecified atom stereocenters. The Hall–Kier alpha value is -2.72. The van der Waals surface area contributed by atoms with Gasteiger partial charge < -0.3 is 9.84 Å². The van der Waals surface area contributed by atoms with Crippen LogP contribution in [0.3, 0.4) is 0 Å². The number of aliphatic hydroxyl groups is 1. The van der Waals surface area contributed by atoms with Crippen LogP contribution >= 0.6 is 0 Å². The topological polar surface area (TPSA) is 42.4 Å². The Morgan fingerprint density at radius 1 is 1.00 bits per heavy atom. The van der Waals surface area contributed by atoms with Crippen molar-refractivity contribution in [2.24, 2.45) is 0 Å². The molecule has 0 fully saturated rings. The van der Waals surface area contributed by atoms with Gasteiger partial charge in [0.25, 0.3) is 0 Å². The van der Waals surface area contributed by atoms with Crippen molar-refractivity contribution in [1.82, 2.24) is 4.98 Å². The molecule has 1 aromatic heterocycles. The minimum Gasteiger partial charge on any atom is -0.488 e. The zero-order chi connectivity index (χ0) is 17.5. The fraction of sp³-hybridized carbons (Fsp3) is 0.190. The first-order valence-corrected chi connectivity index (χ1v) is 8.27. The van der Waals surface area contributed by atoms with Gasteiger partial charge in [-0.15, -0.1) is 0 Å². The Morgan fingerprint density at radius 2 is 1.84 bits per heavy atom. The van der Waals surface area contributed by atoms with Crippen LogP contribution in [0.2, 0.25) is 0 Å². The number of pyridine rings is 1. The summed E-state index contributed by atoms with van der Waals surface area (Å²) in [7, 11) is 0. The van der Waals surface area contributed by atoms with Crippen LogP contribution in [0.1, 0.15) is 12.0 Å². The molecule has 3 rings (SSSR count). The first-order chi connectivity index (χ1) is 12.2. The number of hydrogen-bond donors (Lipinski definition) is 1. The van der Waals surface area contributed by atoms with Crippen LogP contribution in [0, 0.1) is 5.82 Å². The van der Waals surface area contributed by atoms with Crippen LogP contribution in [0.25, 0.3) is 11.1 Å². The molecular formula is C21H20FNO2. The predicted octanol–water partition coefficient (Wildman–Crippen LogP) is 4.26. The van der Waals surface area contributed by atoms with Gasteiger partial charge in [-0.2, -0.15) is 0 Å². The van der Waals surface area contributed by atoms with E-state index in [9.17, 15) is 9.50 Å². The van der Waals surface area contributed by atoms with Crippen LogP contribution in [-0.2, 0) is 6.42 Å². The van der Waals surface area contributed by atoms with Gasteiger partial charge >= 0.3 is 0 Å². The summed E-state index contributed by atoms with van der Waals surface area (Å²) in [5.74, 6) is -0.277. The number of halogens is 1. The predicted molar refractivity (Wildman–Crippen MR) is 95.9 cm³/mol. The van der Waals surface area contributed by atoms with Gasteiger partial charge in [0.1, 0.15) is 6.61 Å². The van der Waals surface area contributed by atoms with Crippen molar-refractivity contribution in [3.63, 3.8) is 0 Å². The van der Waals surface area contributed by atoms with Crippen molar-refractivity contribution in [3.8, 4) is 16.9 Å². The van der Waals surface area contributed by atoms with E-state index in [1.807, 2.05) is 48.5 Å². The molecule has 0 bridgehead atoms. The molecule has 4 heteroatoms. The maximum absolute atomic E-state index is 14.2. The molecule has 0 aliphatic heterocycles. The Kier molecular flexibility index (Phi) is 5.75. The lowest BCUT2D eigenvalue weighted by Crippen LogP contribution is -2.18. The highest BCUT2D eigenvalue weighted by Gasteiger charge is 2.10. The largest absolute Gasteiger partial charge is 0.488 e. The monoisotopic (exact) mass is 337 g/mol. The first kappa shape index (κ1) is 17.1. The zero-order valence-corrected chi connectivity index (χ0v) is 13.8. The summed E-state index contributed by atoms with van der Waals surface area (Å²) in [5, 5.41) is 10.0. The van der Waals surface area contributed by atoms with E-state index in [1.165, 1.54) is 6.07 Å². The number of benzene rings is 2. The molecule has 3 aromatic rings. The number of hydrogen-bond acceptors (Lipinski definition) is 3. The molecule has 128 valence electrons. The highest BCUT2D eigenvalue weighted by molar-refractivity contribution is 5.64. The summed E-state index contributed by atoms with van der Waals surface area (Å²) in [6.45, 7) is 0.0574. The van der Waals surface area contributed by atoms with E-state index in [2.05, 4.69) is 4.98 Å². The van der Waals surface area contributed by atoms with Crippen LogP contribution < -0.4 is 4.74 Å². The van der Waals surface area contributed by atoms with E-state index in [1.54, 1.807) is 18.5 Å². The quantitative estimate of drug-likeness (QED) is 0.700. The zero-order valence-electron chi connectivity index (χ0n) is 13.8. The fourth-order valence-electron chi connectivity index (χ4n) is 2.58. The molecule has 0 aliphatic rings. The second-order valence-corrected chi connectivity index (χ2v) is 5.88. The average Bonchev–Trinajstić information content (AvgIpc) is 2.67. The number of aryl methyl sites for hydroxylation is 1. The van der Waals surface area contributed by atoms with Crippen LogP contribution in [-0.4, -0.2) is 22.8 Å². The summed E-state index contributed by atoms with van der Waals surface area (Å²) in [5.41, 5.74) is 2.80. The Labute approximate surface area is 146 Å². The van der Waals surface area contributed by atoms with Crippen LogP contribution in [0.4, 0.5) is 4.39 Å². The van der Waals surface area contributed by atoms with Gasteiger partial charge in [0.15, 0.2) is 11.6 Å². The van der Waals surface area contributed by atoms with Gasteiger partial charge in [0, 0.05) is 12.4 Å². The van der Waals surface area contributed by atoms with E-state index in [0.29, 0.717) is 12.8 Å². The van der Waals surface area contributed by atoms with E-state index >= 15 is 0 Å². The van der Waals surface area contributed by atoms with Gasteiger partial charge in [-0.3, -0.25) is 4.98 Å². The highest BCUT2D eigenvalue weighted by atomic mass is 19.1. The van der Waals surface area contributed by atoms with Gasteiger partial charge in [0.2, 0.25) is 0 Å². The third-order valence-electron chi connectivity index (χ3n) is 3.96. The minimum absolute atomic E-state index is 0.0574. The molecular weight excluding hydrogens is 317 g/mol. The Morgan fingerprint density at radius 3 is 2.56 bits per heavy atom. The van der Waals surface area contributed by atoms with E-state index < -0.39 is 11.9 Å². The van der Waals surface area contributed by atoms with Crippen molar-refractivity contribution in [1.29, 1.82) is 0 Å². The van der Waals surface area contributed by atoms with E-state index in [4.69, 9.17) is 4.74 Å². The molecule has 3 nitrogen and oxygen atoms in total. The lowest BCUT2D eigenvalue weighted by molar-refractivity contribution is 0.0981. The summed E-state index contributed by atoms with van der Waals surface area (Å²) >= 11 is 0. The van der Waals surface area contributed by atoms with E-state index in [0.717, 1.165) is 16.7 Å². The summed E-state index contributed by atoms with van der Waals surface area (Å²) < 4.78 is 19.7. The maximum atomic E-state index is 14.2. The van der Waals surface area contributed by atoms with Gasteiger partial charge in [-0.1, -0.05) is 42.5 Å². The molecule has 0 spiro atoms. The smallest absolute Gasteiger partial charge is 0.165 e. The number of ether oxygens (including phenoxy) is 1. The summed E-state index contributed by atoms with van der Waals surface area (Å²) in [6.07, 6.45) is 4.07. The minimum atomic E-state index is -0.659. The molecule has 1 atom stereocenters. The molecule has 0 aliphatic carbocycles. The first-order valence-electron chi connectivity index (χ1n) is 8.27. The lowest BCUT2D eigenvalue weighted by Gasteiger charge is -2.13. The standard InChI is InChI=1S/C21H20FNO2/c22-20-13-18(17-6-2-1-3-7-17)9-11-21(20)25-15-19(24)10-8-16-5-4-12-23-14-16/h1-7,9,11-14,19,24H,8,10,15H2/t19-/m1/s1. The van der Waals surface area contributed by atoms with Crippen LogP contribution in [0.15, 0.2) is 73.1 Å². The molecule has 1 N–H and O–H groups in total. The van der Waals surface area contributed by atoms with Gasteiger partial charge in [0.05, 0.1) is 6.10 Å². The van der Waals surface area contributed by atoms with Crippen molar-refractivity contribution < 1.29 is 14.2 Å². The summed E-state index contributed by atoms with van der Waals surface area (Å²) in [4.78, 5) is 4.04. The second kappa shape index (κ2) is 8.40. The molecule has 0 radical (unpaired) electrons. The Bertz CT molecular complexity index is 794. The van der Waals surface area contributed by atoms with Gasteiger partial charge in [-0.25, -0.2) is 4.39 Å². The lowest BCUT2D eigenvalue weighted by atomic mass is 10.1. The normalized spacial score (nSPS) is 11.9. The third kappa shape index (κ3) is 4.88. The number of aromatic nitrogens is 1. The Balaban J connectivity index is 1.54. The SMILES string of the molecule is O[C@H](CCc1cccnc1)COc1ccc(-c2ccccc2)cc1F. The van der Waals surface area contributed by atoms with Crippen molar-refractivity contribution >= 4 is 0 Å². The molecule has 25 heavy (non-hydrogen) atoms. The fourth-order valence-corrected chi connectivity index (χ4v) is 2.58. The van der Waals surface area contributed by atoms with Crippen molar-refractivity contribution in [2.75, 3.05) is 6.61 Å². The molecule has 0 saturated carbocycles. The highest BCUT2D eigenvalue weighted by Crippen LogP contribution is 2.25. The average molecular weight is 337 g/mol. The summed E-state index contributed by atoms with van der Waals surface area (Å²) in [6, 6.07) is 18.3. The molecule has 0 saturated heterocycles. The number of aliphatic hydroxyl groups excluding tert-OH is 1. The third-order valence-corrected chi connectivity index (χ3v) is 3.96. The van der Waals surface area contributed by atoms with Gasteiger partial charge in [-0.05, 0) is 47.7 Å². The number of rotatable bonds is 7. The van der Waals surface area contributed by atoms with E-state index in [-0.39, 0.29) is 12.4 Å². The number of nitrogens with zero attached hydrogens (tertiary/aromatic N) is 1.